The maximum Gasteiger partial charge on any atom is 0.168 e. The van der Waals surface area contributed by atoms with Crippen LogP contribution in [0.1, 0.15) is 20.3 Å². The SMILES string of the molecule is CC1CC(C)CN(c2ncnc3c2cnn3-c2ccccc2)C1. The number of anilines is 1. The molecule has 3 aromatic rings. The Balaban J connectivity index is 1.79. The number of aromatic nitrogens is 4. The molecule has 0 bridgehead atoms. The Morgan fingerprint density at radius 2 is 1.74 bits per heavy atom. The maximum absolute atomic E-state index is 4.57. The third-order valence-electron chi connectivity index (χ3n) is 4.51. The van der Waals surface area contributed by atoms with Crippen LogP contribution >= 0.6 is 0 Å². The molecule has 0 amide bonds. The number of fused-ring (bicyclic) bond motifs is 1. The number of rotatable bonds is 2. The van der Waals surface area contributed by atoms with Crippen molar-refractivity contribution in [2.45, 2.75) is 20.3 Å². The zero-order valence-electron chi connectivity index (χ0n) is 13.6. The van der Waals surface area contributed by atoms with Crippen LogP contribution in [0.5, 0.6) is 0 Å². The van der Waals surface area contributed by atoms with Crippen molar-refractivity contribution in [3.63, 3.8) is 0 Å². The summed E-state index contributed by atoms with van der Waals surface area (Å²) in [5.41, 5.74) is 1.89. The van der Waals surface area contributed by atoms with Gasteiger partial charge in [0.1, 0.15) is 12.1 Å². The van der Waals surface area contributed by atoms with E-state index in [9.17, 15) is 0 Å². The van der Waals surface area contributed by atoms with E-state index < -0.39 is 0 Å². The molecular formula is C18H21N5. The summed E-state index contributed by atoms with van der Waals surface area (Å²) < 4.78 is 1.89. The van der Waals surface area contributed by atoms with Crippen LogP contribution in [0, 0.1) is 11.8 Å². The zero-order chi connectivity index (χ0) is 15.8. The molecule has 2 atom stereocenters. The van der Waals surface area contributed by atoms with Crippen molar-refractivity contribution >= 4 is 16.9 Å². The summed E-state index contributed by atoms with van der Waals surface area (Å²) in [7, 11) is 0. The van der Waals surface area contributed by atoms with Crippen LogP contribution < -0.4 is 4.90 Å². The van der Waals surface area contributed by atoms with Crippen molar-refractivity contribution in [3.05, 3.63) is 42.9 Å². The first kappa shape index (κ1) is 14.2. The average molecular weight is 307 g/mol. The Kier molecular flexibility index (Phi) is 3.48. The van der Waals surface area contributed by atoms with Gasteiger partial charge in [-0.25, -0.2) is 14.6 Å². The molecule has 5 heteroatoms. The molecule has 1 saturated heterocycles. The highest BCUT2D eigenvalue weighted by Crippen LogP contribution is 2.29. The first-order chi connectivity index (χ1) is 11.2. The van der Waals surface area contributed by atoms with Crippen LogP contribution in [-0.4, -0.2) is 32.8 Å². The molecule has 0 aliphatic carbocycles. The van der Waals surface area contributed by atoms with E-state index in [1.54, 1.807) is 6.33 Å². The standard InChI is InChI=1S/C18H21N5/c1-13-8-14(2)11-22(10-13)17-16-9-21-23(18(16)20-12-19-17)15-6-4-3-5-7-15/h3-7,9,12-14H,8,10-11H2,1-2H3. The summed E-state index contributed by atoms with van der Waals surface area (Å²) in [6.07, 6.45) is 4.83. The lowest BCUT2D eigenvalue weighted by atomic mass is 9.92. The lowest BCUT2D eigenvalue weighted by Crippen LogP contribution is -2.39. The Bertz CT molecular complexity index is 801. The fourth-order valence-corrected chi connectivity index (χ4v) is 3.68. The molecule has 118 valence electrons. The van der Waals surface area contributed by atoms with E-state index >= 15 is 0 Å². The van der Waals surface area contributed by atoms with E-state index in [-0.39, 0.29) is 0 Å². The Morgan fingerprint density at radius 1 is 1.00 bits per heavy atom. The monoisotopic (exact) mass is 307 g/mol. The van der Waals surface area contributed by atoms with Gasteiger partial charge in [-0.1, -0.05) is 32.0 Å². The van der Waals surface area contributed by atoms with Gasteiger partial charge in [0.2, 0.25) is 0 Å². The number of hydrogen-bond donors (Lipinski definition) is 0. The van der Waals surface area contributed by atoms with Crippen LogP contribution in [0.2, 0.25) is 0 Å². The molecule has 1 aliphatic heterocycles. The van der Waals surface area contributed by atoms with E-state index in [1.165, 1.54) is 6.42 Å². The van der Waals surface area contributed by atoms with Gasteiger partial charge in [-0.15, -0.1) is 0 Å². The van der Waals surface area contributed by atoms with Crippen LogP contribution in [0.4, 0.5) is 5.82 Å². The van der Waals surface area contributed by atoms with Crippen LogP contribution in [0.3, 0.4) is 0 Å². The molecular weight excluding hydrogens is 286 g/mol. The smallest absolute Gasteiger partial charge is 0.168 e. The third-order valence-corrected chi connectivity index (χ3v) is 4.51. The third kappa shape index (κ3) is 2.56. The van der Waals surface area contributed by atoms with Gasteiger partial charge in [0, 0.05) is 13.1 Å². The summed E-state index contributed by atoms with van der Waals surface area (Å²) >= 11 is 0. The number of hydrogen-bond acceptors (Lipinski definition) is 4. The number of para-hydroxylation sites is 1. The molecule has 5 nitrogen and oxygen atoms in total. The first-order valence-corrected chi connectivity index (χ1v) is 8.21. The summed E-state index contributed by atoms with van der Waals surface area (Å²) in [6.45, 7) is 6.73. The average Bonchev–Trinajstić information content (AvgIpc) is 2.98. The van der Waals surface area contributed by atoms with Gasteiger partial charge >= 0.3 is 0 Å². The van der Waals surface area contributed by atoms with E-state index in [2.05, 4.69) is 33.8 Å². The second kappa shape index (κ2) is 5.65. The molecule has 23 heavy (non-hydrogen) atoms. The van der Waals surface area contributed by atoms with Gasteiger partial charge in [0.15, 0.2) is 5.65 Å². The second-order valence-corrected chi connectivity index (χ2v) is 6.68. The van der Waals surface area contributed by atoms with Crippen molar-refractivity contribution in [3.8, 4) is 5.69 Å². The normalized spacial score (nSPS) is 21.7. The molecule has 1 aliphatic rings. The lowest BCUT2D eigenvalue weighted by molar-refractivity contribution is 0.356. The van der Waals surface area contributed by atoms with Gasteiger partial charge in [-0.2, -0.15) is 5.10 Å². The summed E-state index contributed by atoms with van der Waals surface area (Å²) in [5.74, 6) is 2.39. The molecule has 3 heterocycles. The predicted octanol–water partition coefficient (Wildman–Crippen LogP) is 3.30. The van der Waals surface area contributed by atoms with Gasteiger partial charge in [0.25, 0.3) is 0 Å². The van der Waals surface area contributed by atoms with E-state index in [0.29, 0.717) is 11.8 Å². The molecule has 4 rings (SSSR count). The van der Waals surface area contributed by atoms with Gasteiger partial charge in [0.05, 0.1) is 17.3 Å². The van der Waals surface area contributed by atoms with Crippen LogP contribution in [-0.2, 0) is 0 Å². The highest BCUT2D eigenvalue weighted by Gasteiger charge is 2.25. The van der Waals surface area contributed by atoms with Gasteiger partial charge < -0.3 is 4.90 Å². The minimum Gasteiger partial charge on any atom is -0.355 e. The Labute approximate surface area is 136 Å². The summed E-state index contributed by atoms with van der Waals surface area (Å²) in [4.78, 5) is 11.4. The van der Waals surface area contributed by atoms with Crippen LogP contribution in [0.25, 0.3) is 16.7 Å². The fraction of sp³-hybridized carbons (Fsp3) is 0.389. The van der Waals surface area contributed by atoms with Crippen molar-refractivity contribution in [2.24, 2.45) is 11.8 Å². The number of piperidine rings is 1. The van der Waals surface area contributed by atoms with Crippen LogP contribution in [0.15, 0.2) is 42.9 Å². The highest BCUT2D eigenvalue weighted by atomic mass is 15.3. The van der Waals surface area contributed by atoms with E-state index in [0.717, 1.165) is 35.6 Å². The first-order valence-electron chi connectivity index (χ1n) is 8.21. The molecule has 2 unspecified atom stereocenters. The lowest BCUT2D eigenvalue weighted by Gasteiger charge is -2.35. The topological polar surface area (TPSA) is 46.8 Å². The molecule has 0 radical (unpaired) electrons. The van der Waals surface area contributed by atoms with Crippen molar-refractivity contribution in [1.29, 1.82) is 0 Å². The molecule has 0 saturated carbocycles. The van der Waals surface area contributed by atoms with Crippen molar-refractivity contribution < 1.29 is 0 Å². The van der Waals surface area contributed by atoms with Crippen molar-refractivity contribution in [2.75, 3.05) is 18.0 Å². The Morgan fingerprint density at radius 3 is 2.48 bits per heavy atom. The van der Waals surface area contributed by atoms with E-state index in [1.807, 2.05) is 41.2 Å². The zero-order valence-corrected chi connectivity index (χ0v) is 13.6. The second-order valence-electron chi connectivity index (χ2n) is 6.68. The number of nitrogens with zero attached hydrogens (tertiary/aromatic N) is 5. The largest absolute Gasteiger partial charge is 0.355 e. The number of benzene rings is 1. The molecule has 0 spiro atoms. The minimum atomic E-state index is 0.688. The fourth-order valence-electron chi connectivity index (χ4n) is 3.68. The molecule has 1 aromatic carbocycles. The van der Waals surface area contributed by atoms with Gasteiger partial charge in [-0.3, -0.25) is 0 Å². The van der Waals surface area contributed by atoms with Gasteiger partial charge in [-0.05, 0) is 30.4 Å². The summed E-state index contributed by atoms with van der Waals surface area (Å²) in [5, 5.41) is 5.57. The minimum absolute atomic E-state index is 0.688. The highest BCUT2D eigenvalue weighted by molar-refractivity contribution is 5.87. The molecule has 0 N–H and O–H groups in total. The Hall–Kier alpha value is -2.43. The summed E-state index contributed by atoms with van der Waals surface area (Å²) in [6, 6.07) is 10.1. The quantitative estimate of drug-likeness (QED) is 0.729. The molecule has 2 aromatic heterocycles. The maximum atomic E-state index is 4.57. The predicted molar refractivity (Wildman–Crippen MR) is 91.8 cm³/mol. The van der Waals surface area contributed by atoms with Crippen molar-refractivity contribution in [1.82, 2.24) is 19.7 Å². The van der Waals surface area contributed by atoms with E-state index in [4.69, 9.17) is 0 Å². The molecule has 1 fully saturated rings.